The van der Waals surface area contributed by atoms with Crippen LogP contribution in [-0.4, -0.2) is 47.4 Å². The maximum atomic E-state index is 12.5. The molecule has 6 heteroatoms. The highest BCUT2D eigenvalue weighted by atomic mass is 16.5. The predicted octanol–water partition coefficient (Wildman–Crippen LogP) is 22.7. The number of hydrogen-bond acceptors (Lipinski definition) is 5. The predicted molar refractivity (Wildman–Crippen MR) is 343 cm³/mol. The van der Waals surface area contributed by atoms with Crippen molar-refractivity contribution >= 4 is 11.9 Å². The second-order valence-corrected chi connectivity index (χ2v) is 24.2. The van der Waals surface area contributed by atoms with Crippen molar-refractivity contribution in [3.8, 4) is 0 Å². The topological polar surface area (TPSA) is 95.9 Å². The Labute approximate surface area is 487 Å². The lowest BCUT2D eigenvalue weighted by atomic mass is 10.0. The molecule has 78 heavy (non-hydrogen) atoms. The largest absolute Gasteiger partial charge is 0.466 e. The summed E-state index contributed by atoms with van der Waals surface area (Å²) >= 11 is 0. The van der Waals surface area contributed by atoms with Gasteiger partial charge in [0.15, 0.2) is 0 Å². The molecule has 460 valence electrons. The van der Waals surface area contributed by atoms with Crippen LogP contribution >= 0.6 is 0 Å². The number of esters is 1. The summed E-state index contributed by atoms with van der Waals surface area (Å²) in [4.78, 5) is 24.6. The number of carbonyl (C=O) groups is 2. The SMILES string of the molecule is CCCCCC/C=C\C/C=C\CCCCCCCC(=O)OCCCCCCCCCCCCCC/C=C\CCCCCCCCCCCCCC(=O)NC(CO)C(O)CCCCCCCCCCCCCCCCCCCC. The van der Waals surface area contributed by atoms with Gasteiger partial charge in [0.2, 0.25) is 5.91 Å². The lowest BCUT2D eigenvalue weighted by molar-refractivity contribution is -0.143. The lowest BCUT2D eigenvalue weighted by Gasteiger charge is -2.22. The van der Waals surface area contributed by atoms with Gasteiger partial charge >= 0.3 is 5.97 Å². The Kier molecular flexibility index (Phi) is 65.9. The summed E-state index contributed by atoms with van der Waals surface area (Å²) in [7, 11) is 0. The Morgan fingerprint density at radius 3 is 1.00 bits per heavy atom. The fourth-order valence-electron chi connectivity index (χ4n) is 11.0. The van der Waals surface area contributed by atoms with Crippen LogP contribution in [0.1, 0.15) is 386 Å². The first-order valence-electron chi connectivity index (χ1n) is 35.2. The van der Waals surface area contributed by atoms with Crippen LogP contribution in [0.3, 0.4) is 0 Å². The zero-order valence-corrected chi connectivity index (χ0v) is 52.7. The minimum Gasteiger partial charge on any atom is -0.466 e. The van der Waals surface area contributed by atoms with Gasteiger partial charge in [0.05, 0.1) is 25.4 Å². The number of hydrogen-bond donors (Lipinski definition) is 3. The van der Waals surface area contributed by atoms with Gasteiger partial charge in [0.1, 0.15) is 0 Å². The van der Waals surface area contributed by atoms with E-state index in [-0.39, 0.29) is 18.5 Å². The molecule has 0 fully saturated rings. The monoisotopic (exact) mass is 1100 g/mol. The van der Waals surface area contributed by atoms with Crippen molar-refractivity contribution in [2.45, 2.75) is 398 Å². The third kappa shape index (κ3) is 63.3. The molecule has 0 aliphatic carbocycles. The molecular formula is C72H137NO5. The van der Waals surface area contributed by atoms with E-state index < -0.39 is 12.1 Å². The molecule has 0 saturated heterocycles. The van der Waals surface area contributed by atoms with E-state index in [0.717, 1.165) is 51.4 Å². The summed E-state index contributed by atoms with van der Waals surface area (Å²) in [5, 5.41) is 23.4. The van der Waals surface area contributed by atoms with Crippen molar-refractivity contribution in [2.75, 3.05) is 13.2 Å². The van der Waals surface area contributed by atoms with E-state index in [2.05, 4.69) is 55.6 Å². The minimum atomic E-state index is -0.666. The van der Waals surface area contributed by atoms with Crippen molar-refractivity contribution in [1.29, 1.82) is 0 Å². The maximum Gasteiger partial charge on any atom is 0.305 e. The molecule has 0 rings (SSSR count). The Hall–Kier alpha value is -1.92. The number of amides is 1. The first-order valence-corrected chi connectivity index (χ1v) is 35.2. The lowest BCUT2D eigenvalue weighted by Crippen LogP contribution is -2.45. The van der Waals surface area contributed by atoms with Gasteiger partial charge in [-0.15, -0.1) is 0 Å². The van der Waals surface area contributed by atoms with Crippen LogP contribution in [0.4, 0.5) is 0 Å². The molecule has 0 bridgehead atoms. The van der Waals surface area contributed by atoms with Gasteiger partial charge in [0, 0.05) is 12.8 Å². The van der Waals surface area contributed by atoms with Gasteiger partial charge in [-0.2, -0.15) is 0 Å². The molecule has 2 unspecified atom stereocenters. The van der Waals surface area contributed by atoms with Crippen LogP contribution in [0.15, 0.2) is 36.5 Å². The molecular weight excluding hydrogens is 959 g/mol. The molecule has 3 N–H and O–H groups in total. The summed E-state index contributed by atoms with van der Waals surface area (Å²) in [5.74, 6) is -0.0305. The smallest absolute Gasteiger partial charge is 0.305 e. The van der Waals surface area contributed by atoms with E-state index in [1.165, 1.54) is 302 Å². The molecule has 0 aromatic carbocycles. The van der Waals surface area contributed by atoms with Gasteiger partial charge in [0.25, 0.3) is 0 Å². The number of rotatable bonds is 66. The number of unbranched alkanes of at least 4 members (excludes halogenated alkanes) is 49. The summed E-state index contributed by atoms with van der Waals surface area (Å²) < 4.78 is 5.49. The average molecular weight is 1100 g/mol. The number of aliphatic hydroxyl groups is 2. The van der Waals surface area contributed by atoms with E-state index in [9.17, 15) is 19.8 Å². The van der Waals surface area contributed by atoms with Crippen LogP contribution in [0, 0.1) is 0 Å². The Morgan fingerprint density at radius 1 is 0.359 bits per heavy atom. The quantitative estimate of drug-likeness (QED) is 0.0320. The summed E-state index contributed by atoms with van der Waals surface area (Å²) in [6.45, 7) is 4.96. The minimum absolute atomic E-state index is 0.00209. The number of nitrogens with one attached hydrogen (secondary N) is 1. The zero-order chi connectivity index (χ0) is 56.4. The standard InChI is InChI=1S/C72H137NO5/c1-3-5-7-9-11-13-15-17-19-21-33-36-40-44-48-52-56-60-64-70(75)69(68-74)73-71(76)65-61-57-53-49-45-41-37-34-31-29-27-25-23-22-24-26-28-30-32-35-39-43-47-51-55-59-63-67-78-72(77)66-62-58-54-50-46-42-38-20-18-16-14-12-10-8-6-4-2/h14,16,20,22-23,38,69-70,74-75H,3-13,15,17-19,21,24-37,39-68H2,1-2H3,(H,73,76)/b16-14-,23-22-,38-20-. The molecule has 0 radical (unpaired) electrons. The van der Waals surface area contributed by atoms with Crippen LogP contribution in [-0.2, 0) is 14.3 Å². The molecule has 0 aliphatic rings. The van der Waals surface area contributed by atoms with E-state index in [0.29, 0.717) is 25.9 Å². The molecule has 1 amide bonds. The van der Waals surface area contributed by atoms with Crippen LogP contribution in [0.25, 0.3) is 0 Å². The molecule has 0 saturated carbocycles. The Balaban J connectivity index is 3.39. The van der Waals surface area contributed by atoms with Crippen molar-refractivity contribution in [1.82, 2.24) is 5.32 Å². The van der Waals surface area contributed by atoms with Gasteiger partial charge in [-0.25, -0.2) is 0 Å². The van der Waals surface area contributed by atoms with Crippen molar-refractivity contribution in [3.63, 3.8) is 0 Å². The van der Waals surface area contributed by atoms with Gasteiger partial charge in [-0.05, 0) is 83.5 Å². The van der Waals surface area contributed by atoms with Gasteiger partial charge < -0.3 is 20.3 Å². The summed E-state index contributed by atoms with van der Waals surface area (Å²) in [6.07, 6.45) is 86.1. The summed E-state index contributed by atoms with van der Waals surface area (Å²) in [6, 6.07) is -0.543. The molecule has 0 heterocycles. The van der Waals surface area contributed by atoms with E-state index >= 15 is 0 Å². The maximum absolute atomic E-state index is 12.5. The first-order chi connectivity index (χ1) is 38.5. The van der Waals surface area contributed by atoms with Crippen molar-refractivity contribution in [2.24, 2.45) is 0 Å². The number of aliphatic hydroxyl groups excluding tert-OH is 2. The average Bonchev–Trinajstić information content (AvgIpc) is 3.44. The van der Waals surface area contributed by atoms with Gasteiger partial charge in [-0.1, -0.05) is 326 Å². The second-order valence-electron chi connectivity index (χ2n) is 24.2. The van der Waals surface area contributed by atoms with Crippen LogP contribution < -0.4 is 5.32 Å². The Bertz CT molecular complexity index is 1260. The Morgan fingerprint density at radius 2 is 0.641 bits per heavy atom. The molecule has 0 spiro atoms. The molecule has 0 aromatic heterocycles. The highest BCUT2D eigenvalue weighted by molar-refractivity contribution is 5.76. The number of ether oxygens (including phenoxy) is 1. The highest BCUT2D eigenvalue weighted by Gasteiger charge is 2.20. The first kappa shape index (κ1) is 76.1. The third-order valence-corrected chi connectivity index (χ3v) is 16.4. The second kappa shape index (κ2) is 67.6. The molecule has 6 nitrogen and oxygen atoms in total. The number of carbonyl (C=O) groups excluding carboxylic acids is 2. The third-order valence-electron chi connectivity index (χ3n) is 16.4. The van der Waals surface area contributed by atoms with Crippen molar-refractivity contribution in [3.05, 3.63) is 36.5 Å². The molecule has 2 atom stereocenters. The van der Waals surface area contributed by atoms with E-state index in [1.807, 2.05) is 0 Å². The van der Waals surface area contributed by atoms with Gasteiger partial charge in [-0.3, -0.25) is 9.59 Å². The van der Waals surface area contributed by atoms with E-state index in [1.54, 1.807) is 0 Å². The highest BCUT2D eigenvalue weighted by Crippen LogP contribution is 2.18. The number of allylic oxidation sites excluding steroid dienone is 6. The van der Waals surface area contributed by atoms with Crippen LogP contribution in [0.2, 0.25) is 0 Å². The fourth-order valence-corrected chi connectivity index (χ4v) is 11.0. The van der Waals surface area contributed by atoms with Crippen LogP contribution in [0.5, 0.6) is 0 Å². The fraction of sp³-hybridized carbons (Fsp3) is 0.889. The van der Waals surface area contributed by atoms with E-state index in [4.69, 9.17) is 4.74 Å². The summed E-state index contributed by atoms with van der Waals surface area (Å²) in [5.41, 5.74) is 0. The normalized spacial score (nSPS) is 12.7. The molecule has 0 aliphatic heterocycles. The molecule has 0 aromatic rings. The zero-order valence-electron chi connectivity index (χ0n) is 52.7. The van der Waals surface area contributed by atoms with Crippen molar-refractivity contribution < 1.29 is 24.5 Å².